The average molecular weight is 168 g/mol. The van der Waals surface area contributed by atoms with Crippen LogP contribution in [0.2, 0.25) is 0 Å². The van der Waals surface area contributed by atoms with Gasteiger partial charge in [0.25, 0.3) is 0 Å². The van der Waals surface area contributed by atoms with Crippen molar-refractivity contribution in [2.45, 2.75) is 33.3 Å². The van der Waals surface area contributed by atoms with Gasteiger partial charge < -0.3 is 5.11 Å². The first-order valence-corrected chi connectivity index (χ1v) is 4.42. The van der Waals surface area contributed by atoms with Gasteiger partial charge in [0, 0.05) is 6.42 Å². The number of allylic oxidation sites excluding steroid dienone is 1. The number of hydrogen-bond acceptors (Lipinski definition) is 2. The van der Waals surface area contributed by atoms with Crippen LogP contribution >= 0.6 is 0 Å². The van der Waals surface area contributed by atoms with E-state index in [1.807, 2.05) is 13.8 Å². The SMILES string of the molecule is CC1=C[C@H](O)C(C(C)C)CC1=O. The number of Topliss-reactive ketones (excluding diaryl/α,β-unsaturated/α-hetero) is 1. The third-order valence-corrected chi connectivity index (χ3v) is 2.58. The second-order valence-electron chi connectivity index (χ2n) is 3.88. The highest BCUT2D eigenvalue weighted by Crippen LogP contribution is 2.27. The normalized spacial score (nSPS) is 30.8. The molecule has 0 aromatic heterocycles. The largest absolute Gasteiger partial charge is 0.389 e. The van der Waals surface area contributed by atoms with Gasteiger partial charge in [0.1, 0.15) is 0 Å². The number of ketones is 1. The molecule has 2 atom stereocenters. The Balaban J connectivity index is 2.79. The van der Waals surface area contributed by atoms with Gasteiger partial charge in [0.15, 0.2) is 5.78 Å². The summed E-state index contributed by atoms with van der Waals surface area (Å²) in [6, 6.07) is 0. The monoisotopic (exact) mass is 168 g/mol. The minimum absolute atomic E-state index is 0.112. The zero-order chi connectivity index (χ0) is 9.30. The summed E-state index contributed by atoms with van der Waals surface area (Å²) in [4.78, 5) is 11.3. The highest BCUT2D eigenvalue weighted by Gasteiger charge is 2.28. The Morgan fingerprint density at radius 2 is 2.17 bits per heavy atom. The molecule has 1 aliphatic carbocycles. The molecule has 0 aliphatic heterocycles. The van der Waals surface area contributed by atoms with Crippen LogP contribution in [-0.2, 0) is 4.79 Å². The summed E-state index contributed by atoms with van der Waals surface area (Å²) in [7, 11) is 0. The average Bonchev–Trinajstić information content (AvgIpc) is 1.96. The quantitative estimate of drug-likeness (QED) is 0.644. The maximum atomic E-state index is 11.3. The molecule has 0 fully saturated rings. The maximum absolute atomic E-state index is 11.3. The molecule has 1 aliphatic rings. The van der Waals surface area contributed by atoms with Crippen molar-refractivity contribution in [1.82, 2.24) is 0 Å². The number of carbonyl (C=O) groups is 1. The second kappa shape index (κ2) is 3.40. The third-order valence-electron chi connectivity index (χ3n) is 2.58. The van der Waals surface area contributed by atoms with Gasteiger partial charge in [-0.05, 0) is 30.4 Å². The summed E-state index contributed by atoms with van der Waals surface area (Å²) in [6.07, 6.45) is 1.75. The lowest BCUT2D eigenvalue weighted by Gasteiger charge is -2.27. The Morgan fingerprint density at radius 3 is 2.67 bits per heavy atom. The van der Waals surface area contributed by atoms with E-state index < -0.39 is 6.10 Å². The topological polar surface area (TPSA) is 37.3 Å². The van der Waals surface area contributed by atoms with Crippen LogP contribution in [0.3, 0.4) is 0 Å². The fourth-order valence-corrected chi connectivity index (χ4v) is 1.60. The molecule has 0 spiro atoms. The van der Waals surface area contributed by atoms with Gasteiger partial charge in [0.2, 0.25) is 0 Å². The van der Waals surface area contributed by atoms with E-state index in [1.54, 1.807) is 13.0 Å². The Hall–Kier alpha value is -0.630. The van der Waals surface area contributed by atoms with Gasteiger partial charge in [-0.1, -0.05) is 13.8 Å². The highest BCUT2D eigenvalue weighted by atomic mass is 16.3. The number of hydrogen-bond donors (Lipinski definition) is 1. The van der Waals surface area contributed by atoms with Crippen LogP contribution in [0.5, 0.6) is 0 Å². The van der Waals surface area contributed by atoms with Crippen molar-refractivity contribution < 1.29 is 9.90 Å². The van der Waals surface area contributed by atoms with Gasteiger partial charge in [0.05, 0.1) is 6.10 Å². The third kappa shape index (κ3) is 1.75. The van der Waals surface area contributed by atoms with Gasteiger partial charge in [-0.15, -0.1) is 0 Å². The molecule has 1 unspecified atom stereocenters. The molecule has 0 amide bonds. The lowest BCUT2D eigenvalue weighted by atomic mass is 9.80. The van der Waals surface area contributed by atoms with Crippen LogP contribution in [0, 0.1) is 11.8 Å². The maximum Gasteiger partial charge on any atom is 0.158 e. The van der Waals surface area contributed by atoms with Crippen molar-refractivity contribution >= 4 is 5.78 Å². The van der Waals surface area contributed by atoms with Crippen molar-refractivity contribution in [3.8, 4) is 0 Å². The predicted octanol–water partition coefficient (Wildman–Crippen LogP) is 1.54. The Morgan fingerprint density at radius 1 is 1.58 bits per heavy atom. The summed E-state index contributed by atoms with van der Waals surface area (Å²) < 4.78 is 0. The standard InChI is InChI=1S/C10H16O2/c1-6(2)8-5-9(11)7(3)4-10(8)12/h4,6,8,10,12H,5H2,1-3H3/t8?,10-/m0/s1. The molecule has 0 bridgehead atoms. The molecule has 0 saturated heterocycles. The van der Waals surface area contributed by atoms with Crippen molar-refractivity contribution in [3.05, 3.63) is 11.6 Å². The lowest BCUT2D eigenvalue weighted by Crippen LogP contribution is -2.30. The summed E-state index contributed by atoms with van der Waals surface area (Å²) in [5.41, 5.74) is 0.708. The molecule has 2 heteroatoms. The van der Waals surface area contributed by atoms with E-state index in [9.17, 15) is 9.90 Å². The number of carbonyl (C=O) groups excluding carboxylic acids is 1. The van der Waals surface area contributed by atoms with Crippen molar-refractivity contribution in [2.24, 2.45) is 11.8 Å². The zero-order valence-electron chi connectivity index (χ0n) is 7.87. The first-order chi connectivity index (χ1) is 5.52. The molecule has 0 aromatic carbocycles. The highest BCUT2D eigenvalue weighted by molar-refractivity contribution is 5.95. The first-order valence-electron chi connectivity index (χ1n) is 4.42. The molecular weight excluding hydrogens is 152 g/mol. The molecule has 68 valence electrons. The smallest absolute Gasteiger partial charge is 0.158 e. The molecule has 0 heterocycles. The molecular formula is C10H16O2. The van der Waals surface area contributed by atoms with Crippen LogP contribution in [0.25, 0.3) is 0 Å². The van der Waals surface area contributed by atoms with Crippen LogP contribution < -0.4 is 0 Å². The van der Waals surface area contributed by atoms with Gasteiger partial charge in [-0.2, -0.15) is 0 Å². The van der Waals surface area contributed by atoms with E-state index in [0.717, 1.165) is 0 Å². The Labute approximate surface area is 73.3 Å². The summed E-state index contributed by atoms with van der Waals surface area (Å²) in [6.45, 7) is 5.84. The van der Waals surface area contributed by atoms with E-state index in [1.165, 1.54) is 0 Å². The van der Waals surface area contributed by atoms with Gasteiger partial charge in [-0.25, -0.2) is 0 Å². The molecule has 2 nitrogen and oxygen atoms in total. The molecule has 12 heavy (non-hydrogen) atoms. The second-order valence-corrected chi connectivity index (χ2v) is 3.88. The molecule has 1 N–H and O–H groups in total. The first kappa shape index (κ1) is 9.46. The minimum Gasteiger partial charge on any atom is -0.389 e. The van der Waals surface area contributed by atoms with E-state index in [2.05, 4.69) is 0 Å². The fraction of sp³-hybridized carbons (Fsp3) is 0.700. The van der Waals surface area contributed by atoms with Crippen LogP contribution in [-0.4, -0.2) is 17.0 Å². The van der Waals surface area contributed by atoms with Crippen LogP contribution in [0.1, 0.15) is 27.2 Å². The van der Waals surface area contributed by atoms with E-state index in [-0.39, 0.29) is 11.7 Å². The van der Waals surface area contributed by atoms with E-state index >= 15 is 0 Å². The van der Waals surface area contributed by atoms with E-state index in [4.69, 9.17) is 0 Å². The van der Waals surface area contributed by atoms with Crippen molar-refractivity contribution in [1.29, 1.82) is 0 Å². The lowest BCUT2D eigenvalue weighted by molar-refractivity contribution is -0.118. The summed E-state index contributed by atoms with van der Waals surface area (Å²) >= 11 is 0. The van der Waals surface area contributed by atoms with Gasteiger partial charge >= 0.3 is 0 Å². The van der Waals surface area contributed by atoms with E-state index in [0.29, 0.717) is 17.9 Å². The number of aliphatic hydroxyl groups is 1. The fourth-order valence-electron chi connectivity index (χ4n) is 1.60. The molecule has 0 saturated carbocycles. The van der Waals surface area contributed by atoms with Crippen LogP contribution in [0.15, 0.2) is 11.6 Å². The molecule has 0 radical (unpaired) electrons. The summed E-state index contributed by atoms with van der Waals surface area (Å²) in [5.74, 6) is 0.661. The van der Waals surface area contributed by atoms with Gasteiger partial charge in [-0.3, -0.25) is 4.79 Å². The minimum atomic E-state index is -0.428. The van der Waals surface area contributed by atoms with Crippen LogP contribution in [0.4, 0.5) is 0 Å². The summed E-state index contributed by atoms with van der Waals surface area (Å²) in [5, 5.41) is 9.60. The Kier molecular flexibility index (Phi) is 2.68. The Bertz CT molecular complexity index is 216. The van der Waals surface area contributed by atoms with Crippen molar-refractivity contribution in [2.75, 3.05) is 0 Å². The zero-order valence-corrected chi connectivity index (χ0v) is 7.87. The van der Waals surface area contributed by atoms with Crippen molar-refractivity contribution in [3.63, 3.8) is 0 Å². The molecule has 1 rings (SSSR count). The predicted molar refractivity (Wildman–Crippen MR) is 47.7 cm³/mol. The number of aliphatic hydroxyl groups excluding tert-OH is 1. The number of rotatable bonds is 1. The molecule has 0 aromatic rings.